The molecule has 0 radical (unpaired) electrons. The average molecular weight is 558 g/mol. The Morgan fingerprint density at radius 3 is 2.73 bits per heavy atom. The van der Waals surface area contributed by atoms with Crippen LogP contribution in [0.15, 0.2) is 55.3 Å². The number of hydrogen-bond donors (Lipinski definition) is 2. The number of aryl methyl sites for hydroxylation is 1. The van der Waals surface area contributed by atoms with Crippen molar-refractivity contribution in [1.29, 1.82) is 0 Å². The highest BCUT2D eigenvalue weighted by Crippen LogP contribution is 2.40. The Hall–Kier alpha value is -4.44. The standard InChI is InChI=1S/C31H36FN7O2/c1-6-29(40)34-23-18-24(28(41-5)19-27(23)38(4)16-15-37(2)3)36-31-33-13-12-22(35-31)30-21-17-20(32)10-11-25(21)39-14-8-7-9-26(30)39/h6,10-13,17-19H,1,7-9,14-16H2,2-5H3,(H,34,40)(H,33,35,36). The van der Waals surface area contributed by atoms with E-state index in [4.69, 9.17) is 9.72 Å². The van der Waals surface area contributed by atoms with E-state index in [1.165, 1.54) is 17.8 Å². The molecule has 5 rings (SSSR count). The fourth-order valence-electron chi connectivity index (χ4n) is 5.33. The van der Waals surface area contributed by atoms with E-state index in [0.717, 1.165) is 61.1 Å². The minimum atomic E-state index is -0.320. The molecular weight excluding hydrogens is 521 g/mol. The van der Waals surface area contributed by atoms with Gasteiger partial charge >= 0.3 is 0 Å². The average Bonchev–Trinajstić information content (AvgIpc) is 3.29. The van der Waals surface area contributed by atoms with Crippen LogP contribution in [0.1, 0.15) is 18.5 Å². The Bertz CT molecular complexity index is 1600. The van der Waals surface area contributed by atoms with Gasteiger partial charge in [-0.25, -0.2) is 14.4 Å². The van der Waals surface area contributed by atoms with Crippen LogP contribution in [-0.4, -0.2) is 66.7 Å². The summed E-state index contributed by atoms with van der Waals surface area (Å²) in [5.74, 6) is 0.328. The first kappa shape index (κ1) is 28.1. The fraction of sp³-hybridized carbons (Fsp3) is 0.323. The van der Waals surface area contributed by atoms with E-state index in [0.29, 0.717) is 28.8 Å². The number of methoxy groups -OCH3 is 1. The predicted molar refractivity (Wildman–Crippen MR) is 163 cm³/mol. The molecule has 0 aliphatic carbocycles. The number of amides is 1. The Kier molecular flexibility index (Phi) is 8.21. The van der Waals surface area contributed by atoms with Gasteiger partial charge in [-0.1, -0.05) is 6.58 Å². The summed E-state index contributed by atoms with van der Waals surface area (Å²) in [4.78, 5) is 25.8. The van der Waals surface area contributed by atoms with Gasteiger partial charge in [-0.05, 0) is 69.8 Å². The minimum Gasteiger partial charge on any atom is -0.494 e. The number of nitrogens with one attached hydrogen (secondary N) is 2. The zero-order valence-corrected chi connectivity index (χ0v) is 24.0. The van der Waals surface area contributed by atoms with Crippen LogP contribution in [-0.2, 0) is 17.8 Å². The molecule has 3 heterocycles. The Morgan fingerprint density at radius 2 is 1.98 bits per heavy atom. The molecule has 1 amide bonds. The Balaban J connectivity index is 1.54. The molecule has 1 aliphatic rings. The highest BCUT2D eigenvalue weighted by molar-refractivity contribution is 6.02. The van der Waals surface area contributed by atoms with E-state index < -0.39 is 0 Å². The van der Waals surface area contributed by atoms with Gasteiger partial charge in [0.2, 0.25) is 11.9 Å². The van der Waals surface area contributed by atoms with Crippen molar-refractivity contribution in [1.82, 2.24) is 19.4 Å². The van der Waals surface area contributed by atoms with Crippen LogP contribution in [0, 0.1) is 5.82 Å². The van der Waals surface area contributed by atoms with Crippen LogP contribution >= 0.6 is 0 Å². The molecule has 0 saturated carbocycles. The molecule has 0 spiro atoms. The second kappa shape index (κ2) is 12.0. The summed E-state index contributed by atoms with van der Waals surface area (Å²) < 4.78 is 22.4. The van der Waals surface area contributed by atoms with Crippen molar-refractivity contribution in [3.63, 3.8) is 0 Å². The molecular formula is C31H36FN7O2. The van der Waals surface area contributed by atoms with E-state index in [2.05, 4.69) is 36.6 Å². The van der Waals surface area contributed by atoms with Crippen LogP contribution in [0.2, 0.25) is 0 Å². The van der Waals surface area contributed by atoms with Crippen molar-refractivity contribution >= 4 is 39.8 Å². The van der Waals surface area contributed by atoms with Crippen LogP contribution in [0.25, 0.3) is 22.2 Å². The van der Waals surface area contributed by atoms with Crippen molar-refractivity contribution in [3.05, 3.63) is 66.8 Å². The van der Waals surface area contributed by atoms with E-state index in [-0.39, 0.29) is 11.7 Å². The molecule has 2 aromatic carbocycles. The van der Waals surface area contributed by atoms with Crippen molar-refractivity contribution in [2.75, 3.05) is 56.9 Å². The Morgan fingerprint density at radius 1 is 1.15 bits per heavy atom. The third kappa shape index (κ3) is 5.88. The number of benzene rings is 2. The van der Waals surface area contributed by atoms with Gasteiger partial charge in [0.1, 0.15) is 11.6 Å². The molecule has 2 aromatic heterocycles. The third-order valence-corrected chi connectivity index (χ3v) is 7.39. The first-order valence-corrected chi connectivity index (χ1v) is 13.7. The lowest BCUT2D eigenvalue weighted by atomic mass is 10.0. The normalized spacial score (nSPS) is 12.7. The van der Waals surface area contributed by atoms with E-state index in [1.807, 2.05) is 45.4 Å². The first-order chi connectivity index (χ1) is 19.8. The van der Waals surface area contributed by atoms with Gasteiger partial charge in [-0.2, -0.15) is 0 Å². The summed E-state index contributed by atoms with van der Waals surface area (Å²) >= 11 is 0. The lowest BCUT2D eigenvalue weighted by Gasteiger charge is -2.26. The van der Waals surface area contributed by atoms with Gasteiger partial charge in [0.05, 0.1) is 29.9 Å². The Labute approximate surface area is 239 Å². The summed E-state index contributed by atoms with van der Waals surface area (Å²) in [5, 5.41) is 7.04. The van der Waals surface area contributed by atoms with Gasteiger partial charge in [0.25, 0.3) is 0 Å². The van der Waals surface area contributed by atoms with Crippen LogP contribution < -0.4 is 20.3 Å². The number of carbonyl (C=O) groups excluding carboxylic acids is 1. The van der Waals surface area contributed by atoms with Crippen LogP contribution in [0.4, 0.5) is 27.4 Å². The maximum Gasteiger partial charge on any atom is 0.247 e. The minimum absolute atomic E-state index is 0.274. The van der Waals surface area contributed by atoms with Crippen LogP contribution in [0.5, 0.6) is 5.75 Å². The number of nitrogens with zero attached hydrogens (tertiary/aromatic N) is 5. The number of aromatic nitrogens is 3. The highest BCUT2D eigenvalue weighted by atomic mass is 19.1. The molecule has 214 valence electrons. The number of fused-ring (bicyclic) bond motifs is 3. The molecule has 10 heteroatoms. The molecule has 0 atom stereocenters. The number of ether oxygens (including phenoxy) is 1. The third-order valence-electron chi connectivity index (χ3n) is 7.39. The summed E-state index contributed by atoms with van der Waals surface area (Å²) in [6, 6.07) is 10.5. The molecule has 2 N–H and O–H groups in total. The summed E-state index contributed by atoms with van der Waals surface area (Å²) in [6.45, 7) is 6.06. The molecule has 1 aliphatic heterocycles. The van der Waals surface area contributed by atoms with E-state index >= 15 is 0 Å². The number of hydrogen-bond acceptors (Lipinski definition) is 7. The van der Waals surface area contributed by atoms with Gasteiger partial charge < -0.3 is 29.7 Å². The highest BCUT2D eigenvalue weighted by Gasteiger charge is 2.23. The molecule has 9 nitrogen and oxygen atoms in total. The first-order valence-electron chi connectivity index (χ1n) is 13.7. The number of likely N-dealkylation sites (N-methyl/N-ethyl adjacent to an activating group) is 2. The predicted octanol–water partition coefficient (Wildman–Crippen LogP) is 5.45. The number of halogens is 1. The maximum atomic E-state index is 14.4. The lowest BCUT2D eigenvalue weighted by Crippen LogP contribution is -2.29. The quantitative estimate of drug-likeness (QED) is 0.251. The number of carbonyl (C=O) groups is 1. The van der Waals surface area contributed by atoms with E-state index in [1.54, 1.807) is 19.4 Å². The van der Waals surface area contributed by atoms with Crippen molar-refractivity contribution in [2.24, 2.45) is 0 Å². The number of rotatable bonds is 10. The smallest absolute Gasteiger partial charge is 0.247 e. The number of anilines is 4. The van der Waals surface area contributed by atoms with E-state index in [9.17, 15) is 9.18 Å². The zero-order valence-electron chi connectivity index (χ0n) is 24.0. The lowest BCUT2D eigenvalue weighted by molar-refractivity contribution is -0.111. The summed E-state index contributed by atoms with van der Waals surface area (Å²) in [7, 11) is 7.59. The molecule has 41 heavy (non-hydrogen) atoms. The largest absolute Gasteiger partial charge is 0.494 e. The SMILES string of the molecule is C=CC(=O)Nc1cc(Nc2nccc(-c3c4n(c5ccc(F)cc35)CCCC4)n2)c(OC)cc1N(C)CCN(C)C. The van der Waals surface area contributed by atoms with Crippen LogP contribution in [0.3, 0.4) is 0 Å². The molecule has 0 unspecified atom stereocenters. The van der Waals surface area contributed by atoms with Gasteiger partial charge in [-0.15, -0.1) is 0 Å². The zero-order chi connectivity index (χ0) is 29.1. The second-order valence-electron chi connectivity index (χ2n) is 10.5. The van der Waals surface area contributed by atoms with Gasteiger partial charge in [0.15, 0.2) is 0 Å². The van der Waals surface area contributed by atoms with Crippen molar-refractivity contribution < 1.29 is 13.9 Å². The molecule has 4 aromatic rings. The summed E-state index contributed by atoms with van der Waals surface area (Å²) in [5.41, 5.74) is 5.82. The molecule has 0 bridgehead atoms. The van der Waals surface area contributed by atoms with Crippen molar-refractivity contribution in [2.45, 2.75) is 25.8 Å². The molecule has 0 fully saturated rings. The maximum absolute atomic E-state index is 14.4. The summed E-state index contributed by atoms with van der Waals surface area (Å²) in [6.07, 6.45) is 6.00. The monoisotopic (exact) mass is 557 g/mol. The van der Waals surface area contributed by atoms with Gasteiger partial charge in [-0.3, -0.25) is 4.79 Å². The van der Waals surface area contributed by atoms with Crippen molar-refractivity contribution in [3.8, 4) is 17.0 Å². The molecule has 0 saturated heterocycles. The topological polar surface area (TPSA) is 87.5 Å². The fourth-order valence-corrected chi connectivity index (χ4v) is 5.33. The van der Waals surface area contributed by atoms with Gasteiger partial charge in [0, 0.05) is 61.1 Å². The second-order valence-corrected chi connectivity index (χ2v) is 10.5.